The maximum atomic E-state index is 12.5. The largest absolute Gasteiger partial charge is 0.493 e. The van der Waals surface area contributed by atoms with Crippen molar-refractivity contribution in [2.75, 3.05) is 6.61 Å². The zero-order valence-corrected chi connectivity index (χ0v) is 20.1. The molecule has 8 heteroatoms. The molecule has 2 N–H and O–H groups in total. The number of aliphatic carboxylic acids is 1. The first kappa shape index (κ1) is 24.2. The van der Waals surface area contributed by atoms with Crippen molar-refractivity contribution in [2.24, 2.45) is 0 Å². The molecule has 1 amide bonds. The minimum absolute atomic E-state index is 0.0118. The smallest absolute Gasteiger partial charge is 0.303 e. The molecule has 0 saturated carbocycles. The number of carbonyl (C=O) groups excluding carboxylic acids is 1. The van der Waals surface area contributed by atoms with E-state index in [9.17, 15) is 9.59 Å². The van der Waals surface area contributed by atoms with Crippen molar-refractivity contribution >= 4 is 23.2 Å². The lowest BCUT2D eigenvalue weighted by Crippen LogP contribution is -2.23. The summed E-state index contributed by atoms with van der Waals surface area (Å²) in [7, 11) is 0. The topological polar surface area (TPSA) is 102 Å². The molecule has 2 aromatic heterocycles. The van der Waals surface area contributed by atoms with Gasteiger partial charge in [0.25, 0.3) is 5.91 Å². The fraction of sp³-hybridized carbons (Fsp3) is 0.222. The third kappa shape index (κ3) is 6.58. The van der Waals surface area contributed by atoms with E-state index >= 15 is 0 Å². The van der Waals surface area contributed by atoms with Gasteiger partial charge in [-0.1, -0.05) is 30.3 Å². The Bertz CT molecular complexity index is 1280. The Hall–Kier alpha value is -3.91. The van der Waals surface area contributed by atoms with E-state index in [4.69, 9.17) is 14.3 Å². The second-order valence-corrected chi connectivity index (χ2v) is 8.92. The Kier molecular flexibility index (Phi) is 7.95. The number of rotatable bonds is 11. The molecule has 4 rings (SSSR count). The lowest BCUT2D eigenvalue weighted by Gasteiger charge is -2.13. The molecule has 0 bridgehead atoms. The Balaban J connectivity index is 1.41. The molecule has 7 nitrogen and oxygen atoms in total. The van der Waals surface area contributed by atoms with E-state index in [2.05, 4.69) is 10.3 Å². The lowest BCUT2D eigenvalue weighted by atomic mass is 10.0. The number of ether oxygens (including phenoxy) is 1. The molecule has 180 valence electrons. The second kappa shape index (κ2) is 11.5. The molecule has 0 unspecified atom stereocenters. The van der Waals surface area contributed by atoms with E-state index in [0.717, 1.165) is 27.5 Å². The summed E-state index contributed by atoms with van der Waals surface area (Å²) in [6, 6.07) is 18.4. The molecule has 0 aliphatic rings. The van der Waals surface area contributed by atoms with Gasteiger partial charge < -0.3 is 19.6 Å². The average Bonchev–Trinajstić information content (AvgIpc) is 3.52. The number of hydrogen-bond donors (Lipinski definition) is 2. The van der Waals surface area contributed by atoms with Crippen LogP contribution in [0.5, 0.6) is 5.75 Å². The van der Waals surface area contributed by atoms with E-state index in [1.807, 2.05) is 60.8 Å². The molecule has 0 spiro atoms. The molecular weight excluding hydrogens is 464 g/mol. The van der Waals surface area contributed by atoms with Crippen molar-refractivity contribution in [1.29, 1.82) is 0 Å². The number of nitrogens with zero attached hydrogens (tertiary/aromatic N) is 1. The summed E-state index contributed by atoms with van der Waals surface area (Å²) in [5, 5.41) is 14.0. The van der Waals surface area contributed by atoms with Gasteiger partial charge in [0, 0.05) is 24.9 Å². The Morgan fingerprint density at radius 3 is 2.63 bits per heavy atom. The molecular formula is C27H26N2O5S. The molecule has 0 saturated heterocycles. The van der Waals surface area contributed by atoms with Crippen LogP contribution in [0, 0.1) is 6.92 Å². The van der Waals surface area contributed by atoms with Gasteiger partial charge in [-0.15, -0.1) is 11.3 Å². The van der Waals surface area contributed by atoms with Gasteiger partial charge in [-0.25, -0.2) is 4.98 Å². The predicted octanol–water partition coefficient (Wildman–Crippen LogP) is 5.28. The van der Waals surface area contributed by atoms with Crippen LogP contribution in [0.1, 0.15) is 39.4 Å². The molecule has 0 radical (unpaired) electrons. The lowest BCUT2D eigenvalue weighted by molar-refractivity contribution is -0.136. The summed E-state index contributed by atoms with van der Waals surface area (Å²) in [6.07, 6.45) is 0.967. The van der Waals surface area contributed by atoms with Crippen LogP contribution in [0.2, 0.25) is 0 Å². The molecule has 0 aliphatic heterocycles. The molecule has 4 aromatic rings. The summed E-state index contributed by atoms with van der Waals surface area (Å²) in [5.74, 6) is 0.975. The fourth-order valence-corrected chi connectivity index (χ4v) is 4.29. The zero-order chi connectivity index (χ0) is 24.6. The SMILES string of the molecule is Cc1oc(-c2cccs2)nc1CCOc1ccc(CCC(=O)O)c(CNC(=O)c2ccccc2)c1. The maximum absolute atomic E-state index is 12.5. The first-order valence-corrected chi connectivity index (χ1v) is 12.2. The Morgan fingerprint density at radius 2 is 1.89 bits per heavy atom. The van der Waals surface area contributed by atoms with E-state index in [1.165, 1.54) is 0 Å². The number of amides is 1. The monoisotopic (exact) mass is 490 g/mol. The highest BCUT2D eigenvalue weighted by molar-refractivity contribution is 7.13. The van der Waals surface area contributed by atoms with Crippen molar-refractivity contribution < 1.29 is 23.8 Å². The van der Waals surface area contributed by atoms with Gasteiger partial charge in [0.1, 0.15) is 11.5 Å². The van der Waals surface area contributed by atoms with Crippen molar-refractivity contribution in [1.82, 2.24) is 10.3 Å². The third-order valence-electron chi connectivity index (χ3n) is 5.49. The van der Waals surface area contributed by atoms with Crippen LogP contribution in [0.4, 0.5) is 0 Å². The molecule has 2 heterocycles. The number of aromatic nitrogens is 1. The predicted molar refractivity (Wildman–Crippen MR) is 134 cm³/mol. The maximum Gasteiger partial charge on any atom is 0.303 e. The highest BCUT2D eigenvalue weighted by atomic mass is 32.1. The quantitative estimate of drug-likeness (QED) is 0.297. The third-order valence-corrected chi connectivity index (χ3v) is 6.35. The van der Waals surface area contributed by atoms with Crippen LogP contribution >= 0.6 is 11.3 Å². The van der Waals surface area contributed by atoms with E-state index in [1.54, 1.807) is 23.5 Å². The van der Waals surface area contributed by atoms with Gasteiger partial charge in [-0.3, -0.25) is 9.59 Å². The number of hydrogen-bond acceptors (Lipinski definition) is 6. The number of carboxylic acid groups (broad SMARTS) is 1. The first-order chi connectivity index (χ1) is 17.0. The standard InChI is InChI=1S/C27H26N2O5S/c1-18-23(29-27(34-18)24-8-5-15-35-24)13-14-33-22-11-9-19(10-12-25(30)31)21(16-22)17-28-26(32)20-6-3-2-4-7-20/h2-9,11,15-16H,10,12-14,17H2,1H3,(H,28,32)(H,30,31). The number of carboxylic acids is 1. The summed E-state index contributed by atoms with van der Waals surface area (Å²) in [5.41, 5.74) is 3.10. The summed E-state index contributed by atoms with van der Waals surface area (Å²) < 4.78 is 11.8. The summed E-state index contributed by atoms with van der Waals surface area (Å²) in [4.78, 5) is 29.1. The minimum Gasteiger partial charge on any atom is -0.493 e. The minimum atomic E-state index is -0.866. The first-order valence-electron chi connectivity index (χ1n) is 11.3. The van der Waals surface area contributed by atoms with Crippen molar-refractivity contribution in [3.63, 3.8) is 0 Å². The average molecular weight is 491 g/mol. The molecule has 35 heavy (non-hydrogen) atoms. The van der Waals surface area contributed by atoms with Crippen LogP contribution in [0.15, 0.2) is 70.5 Å². The molecule has 0 atom stereocenters. The summed E-state index contributed by atoms with van der Waals surface area (Å²) >= 11 is 1.58. The van der Waals surface area contributed by atoms with Crippen molar-refractivity contribution in [3.8, 4) is 16.5 Å². The van der Waals surface area contributed by atoms with Gasteiger partial charge in [0.2, 0.25) is 5.89 Å². The van der Waals surface area contributed by atoms with E-state index in [-0.39, 0.29) is 18.9 Å². The molecule has 0 fully saturated rings. The number of carbonyl (C=O) groups is 2. The molecule has 0 aliphatic carbocycles. The number of benzene rings is 2. The number of aryl methyl sites for hydroxylation is 2. The van der Waals surface area contributed by atoms with Gasteiger partial charge in [0.15, 0.2) is 0 Å². The molecule has 2 aromatic carbocycles. The highest BCUT2D eigenvalue weighted by Gasteiger charge is 2.13. The van der Waals surface area contributed by atoms with Crippen LogP contribution in [0.25, 0.3) is 10.8 Å². The van der Waals surface area contributed by atoms with Gasteiger partial charge in [-0.2, -0.15) is 0 Å². The number of oxazole rings is 1. The number of nitrogens with one attached hydrogen (secondary N) is 1. The van der Waals surface area contributed by atoms with Gasteiger partial charge in [0.05, 0.1) is 17.2 Å². The van der Waals surface area contributed by atoms with Crippen LogP contribution < -0.4 is 10.1 Å². The Labute approximate surface area is 207 Å². The van der Waals surface area contributed by atoms with Crippen molar-refractivity contribution in [2.45, 2.75) is 32.7 Å². The fourth-order valence-electron chi connectivity index (χ4n) is 3.64. The normalized spacial score (nSPS) is 10.8. The Morgan fingerprint density at radius 1 is 1.06 bits per heavy atom. The summed E-state index contributed by atoms with van der Waals surface area (Å²) in [6.45, 7) is 2.57. The van der Waals surface area contributed by atoms with E-state index < -0.39 is 5.97 Å². The second-order valence-electron chi connectivity index (χ2n) is 7.97. The van der Waals surface area contributed by atoms with Crippen LogP contribution in [-0.4, -0.2) is 28.6 Å². The van der Waals surface area contributed by atoms with Crippen LogP contribution in [0.3, 0.4) is 0 Å². The van der Waals surface area contributed by atoms with Crippen molar-refractivity contribution in [3.05, 3.63) is 94.2 Å². The number of thiophene rings is 1. The van der Waals surface area contributed by atoms with Crippen LogP contribution in [-0.2, 0) is 24.2 Å². The van der Waals surface area contributed by atoms with Gasteiger partial charge >= 0.3 is 5.97 Å². The highest BCUT2D eigenvalue weighted by Crippen LogP contribution is 2.26. The van der Waals surface area contributed by atoms with Gasteiger partial charge in [-0.05, 0) is 60.2 Å². The van der Waals surface area contributed by atoms with E-state index in [0.29, 0.717) is 36.7 Å². The zero-order valence-electron chi connectivity index (χ0n) is 19.3.